The van der Waals surface area contributed by atoms with E-state index in [1.165, 1.54) is 0 Å². The third-order valence-electron chi connectivity index (χ3n) is 2.99. The third kappa shape index (κ3) is 1.47. The molecule has 1 aliphatic carbocycles. The molecule has 0 spiro atoms. The number of carbonyl (C=O) groups excluding carboxylic acids is 1. The summed E-state index contributed by atoms with van der Waals surface area (Å²) in [5, 5.41) is 0. The number of amides is 1. The summed E-state index contributed by atoms with van der Waals surface area (Å²) in [5.41, 5.74) is 5.46. The van der Waals surface area contributed by atoms with Crippen LogP contribution >= 0.6 is 0 Å². The van der Waals surface area contributed by atoms with E-state index in [4.69, 9.17) is 10.5 Å². The molecule has 0 aromatic heterocycles. The lowest BCUT2D eigenvalue weighted by atomic mass is 9.81. The highest BCUT2D eigenvalue weighted by Gasteiger charge is 2.52. The van der Waals surface area contributed by atoms with Crippen molar-refractivity contribution < 1.29 is 9.53 Å². The van der Waals surface area contributed by atoms with Gasteiger partial charge in [0, 0.05) is 12.6 Å². The molecular weight excluding hydrogens is 180 g/mol. The molecule has 4 heteroatoms. The Morgan fingerprint density at radius 3 is 2.50 bits per heavy atom. The van der Waals surface area contributed by atoms with E-state index in [1.807, 2.05) is 20.8 Å². The molecule has 3 fully saturated rings. The zero-order chi connectivity index (χ0) is 10.5. The maximum Gasteiger partial charge on any atom is 0.410 e. The van der Waals surface area contributed by atoms with Crippen molar-refractivity contribution in [2.75, 3.05) is 6.54 Å². The van der Waals surface area contributed by atoms with Crippen LogP contribution in [0.25, 0.3) is 0 Å². The molecule has 2 bridgehead atoms. The molecule has 4 nitrogen and oxygen atoms in total. The first-order valence-corrected chi connectivity index (χ1v) is 5.14. The summed E-state index contributed by atoms with van der Waals surface area (Å²) in [6, 6.07) is 0.414. The fourth-order valence-corrected chi connectivity index (χ4v) is 2.19. The molecule has 2 saturated heterocycles. The number of carbonyl (C=O) groups is 1. The largest absolute Gasteiger partial charge is 0.444 e. The molecule has 3 rings (SSSR count). The van der Waals surface area contributed by atoms with E-state index < -0.39 is 5.60 Å². The van der Waals surface area contributed by atoms with Gasteiger partial charge in [-0.3, -0.25) is 0 Å². The number of hydrogen-bond acceptors (Lipinski definition) is 3. The minimum absolute atomic E-state index is 0.183. The van der Waals surface area contributed by atoms with Crippen LogP contribution in [0, 0.1) is 5.92 Å². The fraction of sp³-hybridized carbons (Fsp3) is 0.900. The van der Waals surface area contributed by atoms with Crippen LogP contribution in [0.1, 0.15) is 27.2 Å². The van der Waals surface area contributed by atoms with Crippen LogP contribution in [0.5, 0.6) is 0 Å². The topological polar surface area (TPSA) is 55.6 Å². The highest BCUT2D eigenvalue weighted by Crippen LogP contribution is 2.40. The lowest BCUT2D eigenvalue weighted by Gasteiger charge is -2.33. The number of fused-ring (bicyclic) bond motifs is 1. The molecular formula is C10H18N2O2. The van der Waals surface area contributed by atoms with E-state index in [-0.39, 0.29) is 18.2 Å². The average Bonchev–Trinajstić information content (AvgIpc) is 2.55. The Kier molecular flexibility index (Phi) is 2.00. The van der Waals surface area contributed by atoms with Crippen LogP contribution in [0.15, 0.2) is 0 Å². The van der Waals surface area contributed by atoms with Crippen LogP contribution in [0.3, 0.4) is 0 Å². The molecule has 1 saturated carbocycles. The first-order valence-electron chi connectivity index (χ1n) is 5.14. The number of ether oxygens (including phenoxy) is 1. The maximum atomic E-state index is 11.7. The van der Waals surface area contributed by atoms with Crippen LogP contribution in [-0.4, -0.2) is 35.2 Å². The van der Waals surface area contributed by atoms with Gasteiger partial charge >= 0.3 is 6.09 Å². The minimum atomic E-state index is -0.409. The van der Waals surface area contributed by atoms with E-state index >= 15 is 0 Å². The van der Waals surface area contributed by atoms with Crippen molar-refractivity contribution in [3.63, 3.8) is 0 Å². The molecule has 3 aliphatic rings. The zero-order valence-electron chi connectivity index (χ0n) is 8.99. The van der Waals surface area contributed by atoms with Crippen molar-refractivity contribution in [2.24, 2.45) is 11.7 Å². The van der Waals surface area contributed by atoms with E-state index in [9.17, 15) is 4.79 Å². The molecule has 2 heterocycles. The Morgan fingerprint density at radius 1 is 1.50 bits per heavy atom. The van der Waals surface area contributed by atoms with E-state index in [1.54, 1.807) is 4.90 Å². The van der Waals surface area contributed by atoms with Gasteiger partial charge in [-0.25, -0.2) is 4.79 Å². The van der Waals surface area contributed by atoms with Crippen molar-refractivity contribution in [2.45, 2.75) is 44.9 Å². The third-order valence-corrected chi connectivity index (χ3v) is 2.99. The molecule has 2 N–H and O–H groups in total. The van der Waals surface area contributed by atoms with Gasteiger partial charge in [0.1, 0.15) is 5.60 Å². The summed E-state index contributed by atoms with van der Waals surface area (Å²) in [7, 11) is 0. The summed E-state index contributed by atoms with van der Waals surface area (Å²) in [4.78, 5) is 13.5. The summed E-state index contributed by atoms with van der Waals surface area (Å²) in [6.07, 6.45) is 0.846. The molecule has 2 aliphatic heterocycles. The minimum Gasteiger partial charge on any atom is -0.444 e. The van der Waals surface area contributed by atoms with Gasteiger partial charge in [0.25, 0.3) is 0 Å². The van der Waals surface area contributed by atoms with Gasteiger partial charge in [-0.15, -0.1) is 0 Å². The van der Waals surface area contributed by atoms with Crippen molar-refractivity contribution in [3.8, 4) is 0 Å². The normalized spacial score (nSPS) is 35.4. The van der Waals surface area contributed by atoms with Crippen molar-refractivity contribution >= 4 is 6.09 Å². The Balaban J connectivity index is 1.94. The van der Waals surface area contributed by atoms with Crippen molar-refractivity contribution in [1.29, 1.82) is 0 Å². The smallest absolute Gasteiger partial charge is 0.410 e. The summed E-state index contributed by atoms with van der Waals surface area (Å²) >= 11 is 0. The number of rotatable bonds is 0. The van der Waals surface area contributed by atoms with Crippen molar-refractivity contribution in [3.05, 3.63) is 0 Å². The molecule has 0 radical (unpaired) electrons. The number of nitrogens with two attached hydrogens (primary N) is 1. The first kappa shape index (κ1) is 9.77. The van der Waals surface area contributed by atoms with Gasteiger partial charge in [0.15, 0.2) is 0 Å². The SMILES string of the molecule is CC(C)(C)OC(=O)N1C[C@H]2C[C@@H]1[C@@H]2N. The molecule has 14 heavy (non-hydrogen) atoms. The van der Waals surface area contributed by atoms with Crippen LogP contribution in [0.4, 0.5) is 4.79 Å². The predicted octanol–water partition coefficient (Wildman–Crippen LogP) is 0.953. The van der Waals surface area contributed by atoms with Crippen molar-refractivity contribution in [1.82, 2.24) is 4.90 Å². The lowest BCUT2D eigenvalue weighted by Crippen LogP contribution is -2.51. The summed E-state index contributed by atoms with van der Waals surface area (Å²) in [6.45, 7) is 6.42. The van der Waals surface area contributed by atoms with Crippen LogP contribution < -0.4 is 5.73 Å². The second-order valence-electron chi connectivity index (χ2n) is 5.27. The van der Waals surface area contributed by atoms with Crippen LogP contribution in [0.2, 0.25) is 0 Å². The fourth-order valence-electron chi connectivity index (χ4n) is 2.19. The average molecular weight is 198 g/mol. The summed E-state index contributed by atoms with van der Waals surface area (Å²) in [5.74, 6) is 0.507. The maximum absolute atomic E-state index is 11.7. The highest BCUT2D eigenvalue weighted by atomic mass is 16.6. The Labute approximate surface area is 84.4 Å². The van der Waals surface area contributed by atoms with E-state index in [2.05, 4.69) is 0 Å². The standard InChI is InChI=1S/C10H18N2O2/c1-10(2,3)14-9(13)12-5-6-4-7(12)8(6)11/h6-8H,4-5,11H2,1-3H3/t6-,7-,8-/m1/s1. The van der Waals surface area contributed by atoms with Gasteiger partial charge in [-0.05, 0) is 33.1 Å². The summed E-state index contributed by atoms with van der Waals surface area (Å²) < 4.78 is 5.30. The monoisotopic (exact) mass is 198 g/mol. The number of nitrogens with zero attached hydrogens (tertiary/aromatic N) is 1. The molecule has 3 atom stereocenters. The highest BCUT2D eigenvalue weighted by molar-refractivity contribution is 5.70. The van der Waals surface area contributed by atoms with E-state index in [0.29, 0.717) is 5.92 Å². The second-order valence-corrected chi connectivity index (χ2v) is 5.27. The molecule has 0 aromatic carbocycles. The van der Waals surface area contributed by atoms with Gasteiger partial charge in [-0.2, -0.15) is 0 Å². The quantitative estimate of drug-likeness (QED) is 0.630. The Bertz CT molecular complexity index is 259. The molecule has 80 valence electrons. The Hall–Kier alpha value is -0.770. The molecule has 1 amide bonds. The molecule has 0 aromatic rings. The van der Waals surface area contributed by atoms with Gasteiger partial charge in [0.05, 0.1) is 6.04 Å². The molecule has 0 unspecified atom stereocenters. The van der Waals surface area contributed by atoms with Gasteiger partial charge in [-0.1, -0.05) is 0 Å². The lowest BCUT2D eigenvalue weighted by molar-refractivity contribution is 0.0234. The first-order chi connectivity index (χ1) is 6.38. The number of hydrogen-bond donors (Lipinski definition) is 1. The predicted molar refractivity (Wildman–Crippen MR) is 52.8 cm³/mol. The Morgan fingerprint density at radius 2 is 2.14 bits per heavy atom. The van der Waals surface area contributed by atoms with E-state index in [0.717, 1.165) is 13.0 Å². The van der Waals surface area contributed by atoms with Gasteiger partial charge < -0.3 is 15.4 Å². The zero-order valence-corrected chi connectivity index (χ0v) is 8.99. The second kappa shape index (κ2) is 2.86. The van der Waals surface area contributed by atoms with Gasteiger partial charge in [0.2, 0.25) is 0 Å². The van der Waals surface area contributed by atoms with Crippen LogP contribution in [-0.2, 0) is 4.74 Å².